The van der Waals surface area contributed by atoms with Crippen LogP contribution in [-0.4, -0.2) is 54.3 Å². The summed E-state index contributed by atoms with van der Waals surface area (Å²) in [6.45, 7) is 1.02. The molecule has 1 aliphatic heterocycles. The van der Waals surface area contributed by atoms with E-state index in [1.165, 1.54) is 12.1 Å². The largest absolute Gasteiger partial charge is 0.494 e. The third-order valence-corrected chi connectivity index (χ3v) is 6.31. The van der Waals surface area contributed by atoms with E-state index < -0.39 is 5.82 Å². The number of hydrogen-bond acceptors (Lipinski definition) is 6. The van der Waals surface area contributed by atoms with E-state index in [4.69, 9.17) is 14.8 Å². The SMILES string of the molecule is CN(C)CCC(=O)N(C)c1ccc(N=C(c2ccc3c(c2)OOC3)c2c(O)[nH]c3cc(F)ccc23)cc1. The van der Waals surface area contributed by atoms with Crippen LogP contribution in [-0.2, 0) is 16.3 Å². The van der Waals surface area contributed by atoms with Crippen LogP contribution >= 0.6 is 0 Å². The number of aromatic hydroxyl groups is 1. The van der Waals surface area contributed by atoms with Crippen molar-refractivity contribution < 1.29 is 24.1 Å². The molecule has 37 heavy (non-hydrogen) atoms. The molecule has 0 spiro atoms. The number of hydrogen-bond donors (Lipinski definition) is 2. The molecule has 5 rings (SSSR count). The Hall–Kier alpha value is -4.21. The van der Waals surface area contributed by atoms with Crippen LogP contribution < -0.4 is 9.79 Å². The Balaban J connectivity index is 1.55. The maximum absolute atomic E-state index is 13.9. The van der Waals surface area contributed by atoms with Crippen LogP contribution in [0.4, 0.5) is 15.8 Å². The molecule has 2 heterocycles. The molecular formula is C28H27FN4O4. The van der Waals surface area contributed by atoms with Gasteiger partial charge in [0.05, 0.1) is 22.5 Å². The summed E-state index contributed by atoms with van der Waals surface area (Å²) in [7, 11) is 5.61. The molecule has 0 radical (unpaired) electrons. The molecule has 4 aromatic rings. The van der Waals surface area contributed by atoms with E-state index in [1.807, 2.05) is 55.4 Å². The predicted molar refractivity (Wildman–Crippen MR) is 140 cm³/mol. The zero-order valence-electron chi connectivity index (χ0n) is 20.8. The lowest BCUT2D eigenvalue weighted by Crippen LogP contribution is -2.29. The molecular weight excluding hydrogens is 475 g/mol. The number of H-pyrrole nitrogens is 1. The van der Waals surface area contributed by atoms with E-state index in [2.05, 4.69) is 4.98 Å². The van der Waals surface area contributed by atoms with Gasteiger partial charge in [0.25, 0.3) is 0 Å². The van der Waals surface area contributed by atoms with Gasteiger partial charge in [-0.2, -0.15) is 4.89 Å². The van der Waals surface area contributed by atoms with Crippen LogP contribution in [0, 0.1) is 5.82 Å². The van der Waals surface area contributed by atoms with E-state index >= 15 is 0 Å². The van der Waals surface area contributed by atoms with Gasteiger partial charge in [-0.05, 0) is 62.6 Å². The van der Waals surface area contributed by atoms with Crippen molar-refractivity contribution in [3.05, 3.63) is 83.2 Å². The zero-order chi connectivity index (χ0) is 26.1. The average molecular weight is 503 g/mol. The number of amides is 1. The molecule has 0 fully saturated rings. The molecule has 0 saturated carbocycles. The molecule has 8 nitrogen and oxygen atoms in total. The van der Waals surface area contributed by atoms with Gasteiger partial charge in [-0.15, -0.1) is 0 Å². The van der Waals surface area contributed by atoms with Crippen molar-refractivity contribution in [1.82, 2.24) is 9.88 Å². The van der Waals surface area contributed by atoms with Gasteiger partial charge in [-0.25, -0.2) is 9.38 Å². The molecule has 3 aromatic carbocycles. The minimum Gasteiger partial charge on any atom is -0.494 e. The summed E-state index contributed by atoms with van der Waals surface area (Å²) in [5.41, 5.74) is 4.31. The van der Waals surface area contributed by atoms with Crippen molar-refractivity contribution in [2.45, 2.75) is 13.0 Å². The van der Waals surface area contributed by atoms with Gasteiger partial charge in [0.2, 0.25) is 5.91 Å². The fraction of sp³-hybridized carbons (Fsp3) is 0.214. The number of anilines is 1. The number of aliphatic imine (C=N–C) groups is 1. The van der Waals surface area contributed by atoms with Crippen molar-refractivity contribution >= 4 is 33.9 Å². The summed E-state index contributed by atoms with van der Waals surface area (Å²) >= 11 is 0. The number of carbonyl (C=O) groups excluding carboxylic acids is 1. The Morgan fingerprint density at radius 1 is 1.08 bits per heavy atom. The van der Waals surface area contributed by atoms with E-state index in [9.17, 15) is 14.3 Å². The first-order chi connectivity index (χ1) is 17.8. The van der Waals surface area contributed by atoms with Crippen LogP contribution in [0.5, 0.6) is 11.6 Å². The predicted octanol–water partition coefficient (Wildman–Crippen LogP) is 4.92. The Labute approximate surface area is 213 Å². The van der Waals surface area contributed by atoms with E-state index in [0.717, 1.165) is 11.3 Å². The molecule has 0 unspecified atom stereocenters. The molecule has 1 aliphatic rings. The van der Waals surface area contributed by atoms with Crippen LogP contribution in [0.15, 0.2) is 65.7 Å². The summed E-state index contributed by atoms with van der Waals surface area (Å²) in [6, 6.07) is 17.1. The lowest BCUT2D eigenvalue weighted by atomic mass is 9.99. The molecule has 0 bridgehead atoms. The summed E-state index contributed by atoms with van der Waals surface area (Å²) in [5.74, 6) is 0.0484. The molecule has 0 atom stereocenters. The highest BCUT2D eigenvalue weighted by molar-refractivity contribution is 6.22. The minimum absolute atomic E-state index is 0.0157. The number of fused-ring (bicyclic) bond motifs is 2. The molecule has 190 valence electrons. The lowest BCUT2D eigenvalue weighted by molar-refractivity contribution is -0.194. The number of rotatable bonds is 7. The lowest BCUT2D eigenvalue weighted by Gasteiger charge is -2.19. The topological polar surface area (TPSA) is 90.4 Å². The standard InChI is InChI=1S/C28H27FN4O4/c1-32(2)13-12-25(34)33(3)21-9-7-20(8-10-21)30-27(17-4-5-18-16-36-37-24(18)14-17)26-22-11-6-19(29)15-23(22)31-28(26)35/h4-11,14-15,31,35H,12-13,16H2,1-3H3. The number of halogens is 1. The highest BCUT2D eigenvalue weighted by Crippen LogP contribution is 2.35. The van der Waals surface area contributed by atoms with Crippen molar-refractivity contribution in [3.63, 3.8) is 0 Å². The second-order valence-corrected chi connectivity index (χ2v) is 9.19. The van der Waals surface area contributed by atoms with E-state index in [-0.39, 0.29) is 11.8 Å². The first kappa shape index (κ1) is 24.5. The van der Waals surface area contributed by atoms with Crippen molar-refractivity contribution in [1.29, 1.82) is 0 Å². The number of nitrogens with one attached hydrogen (secondary N) is 1. The summed E-state index contributed by atoms with van der Waals surface area (Å²) in [5, 5.41) is 11.5. The van der Waals surface area contributed by atoms with Crippen LogP contribution in [0.3, 0.4) is 0 Å². The molecule has 0 saturated heterocycles. The number of nitrogens with zero attached hydrogens (tertiary/aromatic N) is 3. The Morgan fingerprint density at radius 2 is 1.86 bits per heavy atom. The smallest absolute Gasteiger partial charge is 0.228 e. The Morgan fingerprint density at radius 3 is 2.62 bits per heavy atom. The second-order valence-electron chi connectivity index (χ2n) is 9.19. The van der Waals surface area contributed by atoms with Gasteiger partial charge in [-0.3, -0.25) is 4.79 Å². The maximum atomic E-state index is 13.9. The maximum Gasteiger partial charge on any atom is 0.228 e. The first-order valence-corrected chi connectivity index (χ1v) is 11.8. The number of benzene rings is 3. The van der Waals surface area contributed by atoms with Gasteiger partial charge in [-0.1, -0.05) is 12.1 Å². The normalized spacial score (nSPS) is 13.2. The van der Waals surface area contributed by atoms with Gasteiger partial charge in [0, 0.05) is 42.2 Å². The summed E-state index contributed by atoms with van der Waals surface area (Å²) < 4.78 is 13.9. The van der Waals surface area contributed by atoms with E-state index in [0.29, 0.717) is 58.8 Å². The van der Waals surface area contributed by atoms with E-state index in [1.54, 1.807) is 24.1 Å². The number of carbonyl (C=O) groups is 1. The molecule has 9 heteroatoms. The third-order valence-electron chi connectivity index (χ3n) is 6.31. The Kier molecular flexibility index (Phi) is 6.64. The van der Waals surface area contributed by atoms with Crippen molar-refractivity contribution in [3.8, 4) is 11.6 Å². The average Bonchev–Trinajstić information content (AvgIpc) is 3.48. The Bertz CT molecular complexity index is 1490. The van der Waals surface area contributed by atoms with Gasteiger partial charge >= 0.3 is 0 Å². The molecule has 0 aliphatic carbocycles. The van der Waals surface area contributed by atoms with Crippen LogP contribution in [0.25, 0.3) is 10.9 Å². The summed E-state index contributed by atoms with van der Waals surface area (Å²) in [4.78, 5) is 34.2. The number of aromatic nitrogens is 1. The van der Waals surface area contributed by atoms with Gasteiger partial charge in [0.15, 0.2) is 11.6 Å². The summed E-state index contributed by atoms with van der Waals surface area (Å²) in [6.07, 6.45) is 0.415. The van der Waals surface area contributed by atoms with Crippen molar-refractivity contribution in [2.24, 2.45) is 4.99 Å². The molecule has 2 N–H and O–H groups in total. The number of aromatic amines is 1. The fourth-order valence-corrected chi connectivity index (χ4v) is 4.23. The molecule has 1 amide bonds. The zero-order valence-corrected chi connectivity index (χ0v) is 20.8. The molecule has 1 aromatic heterocycles. The fourth-order valence-electron chi connectivity index (χ4n) is 4.23. The van der Waals surface area contributed by atoms with Crippen molar-refractivity contribution in [2.75, 3.05) is 32.6 Å². The van der Waals surface area contributed by atoms with Crippen LogP contribution in [0.2, 0.25) is 0 Å². The third kappa shape index (κ3) is 5.04. The highest BCUT2D eigenvalue weighted by Gasteiger charge is 2.22. The second kappa shape index (κ2) is 10.0. The van der Waals surface area contributed by atoms with Gasteiger partial charge in [0.1, 0.15) is 12.4 Å². The first-order valence-electron chi connectivity index (χ1n) is 11.8. The monoisotopic (exact) mass is 502 g/mol. The minimum atomic E-state index is -0.415. The highest BCUT2D eigenvalue weighted by atomic mass is 19.1. The quantitative estimate of drug-likeness (QED) is 0.277. The van der Waals surface area contributed by atoms with Crippen LogP contribution in [0.1, 0.15) is 23.1 Å². The van der Waals surface area contributed by atoms with Gasteiger partial charge < -0.3 is 24.8 Å².